The number of hydrogen-bond acceptors (Lipinski definition) is 3. The molecule has 1 aliphatic heterocycles. The van der Waals surface area contributed by atoms with Crippen LogP contribution in [0.5, 0.6) is 0 Å². The van der Waals surface area contributed by atoms with Gasteiger partial charge in [0.2, 0.25) is 0 Å². The largest absolute Gasteiger partial charge is 0.369 e. The van der Waals surface area contributed by atoms with E-state index in [-0.39, 0.29) is 5.91 Å². The van der Waals surface area contributed by atoms with E-state index in [4.69, 9.17) is 0 Å². The van der Waals surface area contributed by atoms with E-state index in [2.05, 4.69) is 45.2 Å². The number of fused-ring (bicyclic) bond motifs is 1. The first-order chi connectivity index (χ1) is 6.04. The fourth-order valence-electron chi connectivity index (χ4n) is 1.30. The van der Waals surface area contributed by atoms with Crippen molar-refractivity contribution in [3.05, 3.63) is 16.9 Å². The molecule has 1 amide bonds. The van der Waals surface area contributed by atoms with E-state index in [1.807, 2.05) is 0 Å². The van der Waals surface area contributed by atoms with Crippen LogP contribution < -0.4 is 0 Å². The highest BCUT2D eigenvalue weighted by Gasteiger charge is 2.38. The lowest BCUT2D eigenvalue weighted by Gasteiger charge is -2.14. The summed E-state index contributed by atoms with van der Waals surface area (Å²) in [6, 6.07) is 0. The van der Waals surface area contributed by atoms with Crippen molar-refractivity contribution >= 4 is 62.4 Å². The van der Waals surface area contributed by atoms with Crippen LogP contribution in [-0.4, -0.2) is 23.0 Å². The topological polar surface area (TPSA) is 40.5 Å². The van der Waals surface area contributed by atoms with Crippen LogP contribution in [0.1, 0.15) is 22.1 Å². The van der Waals surface area contributed by atoms with Crippen LogP contribution in [0.15, 0.2) is 0 Å². The van der Waals surface area contributed by atoms with Gasteiger partial charge < -0.3 is 10.0 Å². The van der Waals surface area contributed by atoms with Gasteiger partial charge in [-0.05, 0) is 45.2 Å². The molecule has 0 spiro atoms. The van der Waals surface area contributed by atoms with Gasteiger partial charge in [0.1, 0.15) is 0 Å². The summed E-state index contributed by atoms with van der Waals surface area (Å²) in [4.78, 5) is 13.0. The third-order valence-corrected chi connectivity index (χ3v) is 5.24. The number of halogens is 2. The molecule has 1 aromatic heterocycles. The molecule has 0 saturated carbocycles. The lowest BCUT2D eigenvalue weighted by atomic mass is 10.2. The maximum atomic E-state index is 11.6. The Kier molecular flexibility index (Phi) is 2.58. The van der Waals surface area contributed by atoms with Crippen LogP contribution in [0.4, 0.5) is 0 Å². The normalized spacial score (nSPS) is 21.1. The Morgan fingerprint density at radius 3 is 2.62 bits per heavy atom. The molecule has 0 aliphatic carbocycles. The number of amides is 1. The molecule has 2 heterocycles. The number of rotatable bonds is 0. The van der Waals surface area contributed by atoms with Crippen molar-refractivity contribution in [3.8, 4) is 0 Å². The molecule has 1 N–H and O–H groups in total. The third-order valence-electron chi connectivity index (χ3n) is 2.02. The molecule has 3 nitrogen and oxygen atoms in total. The van der Waals surface area contributed by atoms with E-state index >= 15 is 0 Å². The lowest BCUT2D eigenvalue weighted by molar-refractivity contribution is 0.0299. The monoisotopic (exact) mass is 421 g/mol. The van der Waals surface area contributed by atoms with E-state index < -0.39 is 6.23 Å². The molecule has 0 aromatic carbocycles. The summed E-state index contributed by atoms with van der Waals surface area (Å²) in [6.07, 6.45) is -0.755. The molecule has 1 unspecified atom stereocenters. The second-order valence-corrected chi connectivity index (χ2v) is 7.37. The highest BCUT2D eigenvalue weighted by atomic mass is 127. The van der Waals surface area contributed by atoms with E-state index in [1.54, 1.807) is 18.4 Å². The van der Waals surface area contributed by atoms with Crippen LogP contribution in [-0.2, 0) is 0 Å². The fourth-order valence-corrected chi connectivity index (χ4v) is 5.73. The van der Waals surface area contributed by atoms with Gasteiger partial charge in [0.15, 0.2) is 6.23 Å². The van der Waals surface area contributed by atoms with E-state index in [0.29, 0.717) is 5.56 Å². The summed E-state index contributed by atoms with van der Waals surface area (Å²) in [5.74, 6) is -0.0777. The molecule has 0 fully saturated rings. The maximum Gasteiger partial charge on any atom is 0.258 e. The molecule has 6 heteroatoms. The van der Waals surface area contributed by atoms with Crippen molar-refractivity contribution in [1.82, 2.24) is 4.90 Å². The first kappa shape index (κ1) is 10.1. The minimum absolute atomic E-state index is 0.0777. The Labute approximate surface area is 106 Å². The number of carbonyl (C=O) groups excluding carboxylic acids is 1. The SMILES string of the molecule is CN1C(=O)c2c(I)sc(I)c2C1O. The first-order valence-corrected chi connectivity index (χ1v) is 6.44. The summed E-state index contributed by atoms with van der Waals surface area (Å²) in [5, 5.41) is 9.72. The summed E-state index contributed by atoms with van der Waals surface area (Å²) in [7, 11) is 1.61. The van der Waals surface area contributed by atoms with Crippen molar-refractivity contribution in [2.75, 3.05) is 7.05 Å². The van der Waals surface area contributed by atoms with Gasteiger partial charge in [-0.25, -0.2) is 0 Å². The maximum absolute atomic E-state index is 11.6. The van der Waals surface area contributed by atoms with Crippen molar-refractivity contribution < 1.29 is 9.90 Å². The molecule has 2 rings (SSSR count). The van der Waals surface area contributed by atoms with Crippen LogP contribution >= 0.6 is 56.5 Å². The average molecular weight is 421 g/mol. The summed E-state index contributed by atoms with van der Waals surface area (Å²) >= 11 is 5.84. The number of hydrogen-bond donors (Lipinski definition) is 1. The van der Waals surface area contributed by atoms with Crippen LogP contribution in [0.25, 0.3) is 0 Å². The minimum atomic E-state index is -0.755. The van der Waals surface area contributed by atoms with Crippen LogP contribution in [0.2, 0.25) is 0 Å². The Balaban J connectivity index is 2.68. The van der Waals surface area contributed by atoms with Crippen molar-refractivity contribution in [2.45, 2.75) is 6.23 Å². The molecular weight excluding hydrogens is 416 g/mol. The highest BCUT2D eigenvalue weighted by molar-refractivity contribution is 14.1. The molecular formula is C7H5I2NO2S. The average Bonchev–Trinajstić information content (AvgIpc) is 2.47. The van der Waals surface area contributed by atoms with Gasteiger partial charge >= 0.3 is 0 Å². The van der Waals surface area contributed by atoms with Crippen molar-refractivity contribution in [1.29, 1.82) is 0 Å². The zero-order valence-corrected chi connectivity index (χ0v) is 11.7. The molecule has 0 radical (unpaired) electrons. The Morgan fingerprint density at radius 1 is 1.46 bits per heavy atom. The van der Waals surface area contributed by atoms with Gasteiger partial charge in [0, 0.05) is 12.6 Å². The van der Waals surface area contributed by atoms with Gasteiger partial charge in [0.05, 0.1) is 11.3 Å². The quantitative estimate of drug-likeness (QED) is 0.652. The molecule has 1 atom stereocenters. The number of aliphatic hydroxyl groups excluding tert-OH is 1. The minimum Gasteiger partial charge on any atom is -0.369 e. The predicted molar refractivity (Wildman–Crippen MR) is 66.8 cm³/mol. The molecule has 0 saturated heterocycles. The highest BCUT2D eigenvalue weighted by Crippen LogP contribution is 2.41. The molecule has 1 aliphatic rings. The zero-order valence-electron chi connectivity index (χ0n) is 6.54. The third kappa shape index (κ3) is 1.33. The van der Waals surface area contributed by atoms with Gasteiger partial charge in [-0.2, -0.15) is 0 Å². The molecule has 0 bridgehead atoms. The van der Waals surface area contributed by atoms with E-state index in [9.17, 15) is 9.90 Å². The zero-order chi connectivity index (χ0) is 9.75. The summed E-state index contributed by atoms with van der Waals surface area (Å²) in [5.41, 5.74) is 1.47. The standard InChI is InChI=1S/C7H5I2NO2S/c1-10-6(11)2-3(7(10)12)5(9)13-4(2)8/h6,11H,1H3. The van der Waals surface area contributed by atoms with Gasteiger partial charge in [-0.15, -0.1) is 11.3 Å². The molecule has 13 heavy (non-hydrogen) atoms. The second-order valence-electron chi connectivity index (χ2n) is 2.73. The number of thiophene rings is 1. The Morgan fingerprint density at radius 2 is 2.08 bits per heavy atom. The van der Waals surface area contributed by atoms with E-state index in [0.717, 1.165) is 11.3 Å². The summed E-state index contributed by atoms with van der Waals surface area (Å²) < 4.78 is 1.97. The van der Waals surface area contributed by atoms with Gasteiger partial charge in [0.25, 0.3) is 5.91 Å². The van der Waals surface area contributed by atoms with Crippen LogP contribution in [0.3, 0.4) is 0 Å². The second kappa shape index (κ2) is 3.31. The van der Waals surface area contributed by atoms with Gasteiger partial charge in [-0.1, -0.05) is 0 Å². The Bertz CT molecular complexity index is 390. The molecule has 1 aromatic rings. The predicted octanol–water partition coefficient (Wildman–Crippen LogP) is 2.03. The first-order valence-electron chi connectivity index (χ1n) is 3.47. The van der Waals surface area contributed by atoms with Gasteiger partial charge in [-0.3, -0.25) is 4.79 Å². The summed E-state index contributed by atoms with van der Waals surface area (Å²) in [6.45, 7) is 0. The number of aliphatic hydroxyl groups is 1. The smallest absolute Gasteiger partial charge is 0.258 e. The van der Waals surface area contributed by atoms with Crippen molar-refractivity contribution in [3.63, 3.8) is 0 Å². The Hall–Kier alpha value is 0.590. The number of nitrogens with zero attached hydrogens (tertiary/aromatic N) is 1. The number of carbonyl (C=O) groups is 1. The van der Waals surface area contributed by atoms with Crippen LogP contribution in [0, 0.1) is 5.77 Å². The van der Waals surface area contributed by atoms with E-state index in [1.165, 1.54) is 4.90 Å². The molecule has 70 valence electrons. The lowest BCUT2D eigenvalue weighted by Crippen LogP contribution is -2.23. The van der Waals surface area contributed by atoms with Crippen molar-refractivity contribution in [2.24, 2.45) is 0 Å². The fraction of sp³-hybridized carbons (Fsp3) is 0.286.